The van der Waals surface area contributed by atoms with E-state index in [-0.39, 0.29) is 11.8 Å². The Morgan fingerprint density at radius 1 is 1.06 bits per heavy atom. The largest absolute Gasteiger partial charge is 0.616 e. The normalized spacial score (nSPS) is 11.2. The van der Waals surface area contributed by atoms with Crippen LogP contribution in [0.15, 0.2) is 60.8 Å². The Balaban J connectivity index is 1.74. The predicted molar refractivity (Wildman–Crippen MR) is 120 cm³/mol. The Morgan fingerprint density at radius 3 is 2.55 bits per heavy atom. The molecule has 1 N–H and O–H groups in total. The third kappa shape index (κ3) is 4.48. The number of para-hydroxylation sites is 1. The van der Waals surface area contributed by atoms with Crippen molar-refractivity contribution in [2.75, 3.05) is 7.11 Å². The fourth-order valence-electron chi connectivity index (χ4n) is 3.73. The Hall–Kier alpha value is -3.54. The third-order valence-corrected chi connectivity index (χ3v) is 5.21. The van der Waals surface area contributed by atoms with Crippen LogP contribution in [0.25, 0.3) is 10.9 Å². The van der Waals surface area contributed by atoms with Crippen LogP contribution in [-0.2, 0) is 19.4 Å². The van der Waals surface area contributed by atoms with Gasteiger partial charge < -0.3 is 19.7 Å². The van der Waals surface area contributed by atoms with Gasteiger partial charge in [-0.15, -0.1) is 4.73 Å². The van der Waals surface area contributed by atoms with E-state index in [0.29, 0.717) is 36.7 Å². The second-order valence-corrected chi connectivity index (χ2v) is 8.02. The lowest BCUT2D eigenvalue weighted by Gasteiger charge is -2.16. The summed E-state index contributed by atoms with van der Waals surface area (Å²) >= 11 is 0. The van der Waals surface area contributed by atoms with E-state index in [0.717, 1.165) is 26.8 Å². The third-order valence-electron chi connectivity index (χ3n) is 5.21. The van der Waals surface area contributed by atoms with Gasteiger partial charge in [0.05, 0.1) is 7.11 Å². The minimum atomic E-state index is 0.216. The molecule has 0 saturated heterocycles. The SMILES string of the molecule is COc1c(Cc2c[nH]c3ccccc23)nc(OCc2ccccc2)c(CC(C)C)[n+]1[O-]. The molecule has 0 radical (unpaired) electrons. The summed E-state index contributed by atoms with van der Waals surface area (Å²) in [6.07, 6.45) is 2.96. The van der Waals surface area contributed by atoms with Crippen molar-refractivity contribution >= 4 is 10.9 Å². The molecule has 31 heavy (non-hydrogen) atoms. The molecule has 0 aliphatic rings. The van der Waals surface area contributed by atoms with Gasteiger partial charge in [0.1, 0.15) is 6.61 Å². The number of aromatic nitrogens is 3. The maximum absolute atomic E-state index is 13.2. The van der Waals surface area contributed by atoms with E-state index in [2.05, 4.69) is 24.9 Å². The maximum Gasteiger partial charge on any atom is 0.402 e. The molecule has 0 fully saturated rings. The van der Waals surface area contributed by atoms with Crippen LogP contribution in [0, 0.1) is 11.1 Å². The molecule has 2 heterocycles. The second kappa shape index (κ2) is 9.08. The molecule has 2 aromatic carbocycles. The van der Waals surface area contributed by atoms with Crippen molar-refractivity contribution in [2.45, 2.75) is 33.3 Å². The molecule has 0 aliphatic carbocycles. The van der Waals surface area contributed by atoms with Crippen molar-refractivity contribution in [3.05, 3.63) is 88.5 Å². The molecule has 4 rings (SSSR count). The molecule has 0 spiro atoms. The zero-order valence-corrected chi connectivity index (χ0v) is 18.1. The number of H-pyrrole nitrogens is 1. The van der Waals surface area contributed by atoms with Crippen LogP contribution in [-0.4, -0.2) is 17.1 Å². The molecule has 0 unspecified atom stereocenters. The van der Waals surface area contributed by atoms with Gasteiger partial charge in [0, 0.05) is 29.9 Å². The average molecular weight is 418 g/mol. The minimum Gasteiger partial charge on any atom is -0.616 e. The number of hydrogen-bond acceptors (Lipinski definition) is 4. The zero-order chi connectivity index (χ0) is 21.8. The van der Waals surface area contributed by atoms with Crippen molar-refractivity contribution in [3.8, 4) is 11.8 Å². The quantitative estimate of drug-likeness (QED) is 0.337. The summed E-state index contributed by atoms with van der Waals surface area (Å²) in [6, 6.07) is 17.9. The van der Waals surface area contributed by atoms with Gasteiger partial charge in [0.2, 0.25) is 0 Å². The number of hydrogen-bond donors (Lipinski definition) is 1. The first kappa shape index (κ1) is 20.7. The Kier molecular flexibility index (Phi) is 6.07. The first-order valence-electron chi connectivity index (χ1n) is 10.5. The first-order valence-corrected chi connectivity index (χ1v) is 10.5. The van der Waals surface area contributed by atoms with Crippen LogP contribution in [0.2, 0.25) is 0 Å². The number of nitrogens with zero attached hydrogens (tertiary/aromatic N) is 2. The predicted octanol–water partition coefficient (Wildman–Crippen LogP) is 4.57. The lowest BCUT2D eigenvalue weighted by Crippen LogP contribution is -2.37. The molecule has 6 nitrogen and oxygen atoms in total. The number of rotatable bonds is 8. The van der Waals surface area contributed by atoms with E-state index in [1.807, 2.05) is 54.7 Å². The van der Waals surface area contributed by atoms with E-state index in [9.17, 15) is 5.21 Å². The smallest absolute Gasteiger partial charge is 0.402 e. The van der Waals surface area contributed by atoms with E-state index in [1.54, 1.807) is 0 Å². The zero-order valence-electron chi connectivity index (χ0n) is 18.1. The monoisotopic (exact) mass is 417 g/mol. The van der Waals surface area contributed by atoms with Crippen molar-refractivity contribution in [3.63, 3.8) is 0 Å². The van der Waals surface area contributed by atoms with E-state index < -0.39 is 0 Å². The van der Waals surface area contributed by atoms with Crippen molar-refractivity contribution in [1.82, 2.24) is 9.97 Å². The standard InChI is InChI=1S/C25H27N3O3/c1-17(2)13-23-24(31-16-18-9-5-4-6-10-18)27-22(25(30-3)28(23)29)14-19-15-26-21-12-8-7-11-20(19)21/h4-12,15,17,26H,13-14,16H2,1-3H3. The second-order valence-electron chi connectivity index (χ2n) is 8.02. The first-order chi connectivity index (χ1) is 15.1. The van der Waals surface area contributed by atoms with Crippen LogP contribution in [0.3, 0.4) is 0 Å². The van der Waals surface area contributed by atoms with Crippen LogP contribution in [0.5, 0.6) is 11.8 Å². The molecule has 2 aromatic heterocycles. The van der Waals surface area contributed by atoms with E-state index in [1.165, 1.54) is 7.11 Å². The topological polar surface area (TPSA) is 74.1 Å². The van der Waals surface area contributed by atoms with Crippen LogP contribution >= 0.6 is 0 Å². The van der Waals surface area contributed by atoms with Gasteiger partial charge in [-0.1, -0.05) is 62.4 Å². The summed E-state index contributed by atoms with van der Waals surface area (Å²) < 4.78 is 12.4. The Labute approximate surface area is 182 Å². The van der Waals surface area contributed by atoms with Crippen molar-refractivity contribution < 1.29 is 14.2 Å². The molecular weight excluding hydrogens is 390 g/mol. The molecule has 6 heteroatoms. The number of methoxy groups -OCH3 is 1. The Bertz CT molecular complexity index is 1170. The molecular formula is C25H27N3O3. The summed E-state index contributed by atoms with van der Waals surface area (Å²) in [5.41, 5.74) is 4.16. The molecule has 0 amide bonds. The van der Waals surface area contributed by atoms with Gasteiger partial charge in [-0.3, -0.25) is 0 Å². The number of fused-ring (bicyclic) bond motifs is 1. The van der Waals surface area contributed by atoms with E-state index >= 15 is 0 Å². The van der Waals surface area contributed by atoms with Gasteiger partial charge in [-0.05, 0) is 23.1 Å². The molecule has 0 saturated carbocycles. The van der Waals surface area contributed by atoms with Gasteiger partial charge in [0.15, 0.2) is 5.69 Å². The summed E-state index contributed by atoms with van der Waals surface area (Å²) in [5, 5.41) is 14.3. The van der Waals surface area contributed by atoms with Gasteiger partial charge in [0.25, 0.3) is 11.6 Å². The van der Waals surface area contributed by atoms with Crippen LogP contribution < -0.4 is 14.2 Å². The minimum absolute atomic E-state index is 0.216. The Morgan fingerprint density at radius 2 is 1.81 bits per heavy atom. The highest BCUT2D eigenvalue weighted by Gasteiger charge is 2.27. The molecule has 0 aliphatic heterocycles. The highest BCUT2D eigenvalue weighted by molar-refractivity contribution is 5.83. The number of benzene rings is 2. The number of nitrogens with one attached hydrogen (secondary N) is 1. The van der Waals surface area contributed by atoms with Crippen LogP contribution in [0.4, 0.5) is 0 Å². The fraction of sp³-hybridized carbons (Fsp3) is 0.280. The van der Waals surface area contributed by atoms with Crippen LogP contribution in [0.1, 0.15) is 36.4 Å². The lowest BCUT2D eigenvalue weighted by molar-refractivity contribution is -0.622. The highest BCUT2D eigenvalue weighted by Crippen LogP contribution is 2.27. The summed E-state index contributed by atoms with van der Waals surface area (Å²) in [4.78, 5) is 8.05. The molecule has 160 valence electrons. The molecule has 4 aromatic rings. The van der Waals surface area contributed by atoms with Crippen molar-refractivity contribution in [2.24, 2.45) is 5.92 Å². The highest BCUT2D eigenvalue weighted by atomic mass is 16.5. The van der Waals surface area contributed by atoms with Gasteiger partial charge >= 0.3 is 5.88 Å². The average Bonchev–Trinajstić information content (AvgIpc) is 3.18. The summed E-state index contributed by atoms with van der Waals surface area (Å²) in [6.45, 7) is 4.47. The van der Waals surface area contributed by atoms with E-state index in [4.69, 9.17) is 14.5 Å². The van der Waals surface area contributed by atoms with Gasteiger partial charge in [-0.2, -0.15) is 0 Å². The molecule has 0 atom stereocenters. The number of ether oxygens (including phenoxy) is 2. The van der Waals surface area contributed by atoms with Gasteiger partial charge in [-0.25, -0.2) is 4.98 Å². The maximum atomic E-state index is 13.2. The fourth-order valence-corrected chi connectivity index (χ4v) is 3.73. The summed E-state index contributed by atoms with van der Waals surface area (Å²) in [7, 11) is 1.51. The number of aromatic amines is 1. The molecule has 0 bridgehead atoms. The lowest BCUT2D eigenvalue weighted by atomic mass is 10.1. The van der Waals surface area contributed by atoms with Crippen molar-refractivity contribution in [1.29, 1.82) is 0 Å². The summed E-state index contributed by atoms with van der Waals surface area (Å²) in [5.74, 6) is 0.849.